The van der Waals surface area contributed by atoms with Crippen molar-refractivity contribution in [2.24, 2.45) is 0 Å². The van der Waals surface area contributed by atoms with Crippen LogP contribution >= 0.6 is 0 Å². The Morgan fingerprint density at radius 1 is 1.29 bits per heavy atom. The predicted molar refractivity (Wildman–Crippen MR) is 59.7 cm³/mol. The Bertz CT molecular complexity index is 547. The lowest BCUT2D eigenvalue weighted by molar-refractivity contribution is -0.131. The largest absolute Gasteiger partial charge is 0.426 e. The molecule has 2 rings (SSSR count). The maximum atomic E-state index is 12.0. The number of rotatable bonds is 2. The molecule has 5 heteroatoms. The smallest absolute Gasteiger partial charge is 0.308 e. The Morgan fingerprint density at radius 2 is 2.06 bits per heavy atom. The Balaban J connectivity index is 2.38. The lowest BCUT2D eigenvalue weighted by Gasteiger charge is -2.07. The molecule has 0 unspecified atom stereocenters. The highest BCUT2D eigenvalue weighted by Crippen LogP contribution is 2.19. The van der Waals surface area contributed by atoms with Crippen LogP contribution in [0.5, 0.6) is 5.75 Å². The fourth-order valence-electron chi connectivity index (χ4n) is 1.41. The second-order valence-corrected chi connectivity index (χ2v) is 3.36. The summed E-state index contributed by atoms with van der Waals surface area (Å²) in [6, 6.07) is 6.58. The van der Waals surface area contributed by atoms with Crippen LogP contribution in [0.3, 0.4) is 0 Å². The second kappa shape index (κ2) is 4.61. The maximum absolute atomic E-state index is 12.0. The summed E-state index contributed by atoms with van der Waals surface area (Å²) in [6.07, 6.45) is 4.44. The third-order valence-corrected chi connectivity index (χ3v) is 2.11. The van der Waals surface area contributed by atoms with Gasteiger partial charge in [-0.2, -0.15) is 0 Å². The van der Waals surface area contributed by atoms with E-state index in [0.29, 0.717) is 5.56 Å². The van der Waals surface area contributed by atoms with Gasteiger partial charge in [0, 0.05) is 19.3 Å². The van der Waals surface area contributed by atoms with Crippen molar-refractivity contribution in [3.63, 3.8) is 0 Å². The summed E-state index contributed by atoms with van der Waals surface area (Å²) in [4.78, 5) is 26.8. The molecule has 0 aliphatic rings. The van der Waals surface area contributed by atoms with Crippen molar-refractivity contribution in [3.8, 4) is 5.75 Å². The molecule has 0 spiro atoms. The minimum Gasteiger partial charge on any atom is -0.426 e. The van der Waals surface area contributed by atoms with Crippen LogP contribution in [0, 0.1) is 0 Å². The highest BCUT2D eigenvalue weighted by atomic mass is 16.5. The molecule has 0 radical (unpaired) electrons. The molecule has 17 heavy (non-hydrogen) atoms. The van der Waals surface area contributed by atoms with E-state index < -0.39 is 5.97 Å². The summed E-state index contributed by atoms with van der Waals surface area (Å²) in [5, 5.41) is 0. The zero-order valence-corrected chi connectivity index (χ0v) is 9.16. The number of hydrogen-bond donors (Lipinski definition) is 0. The normalized spacial score (nSPS) is 9.94. The van der Waals surface area contributed by atoms with Gasteiger partial charge in [0.05, 0.1) is 5.56 Å². The van der Waals surface area contributed by atoms with Gasteiger partial charge in [0.2, 0.25) is 0 Å². The first-order valence-corrected chi connectivity index (χ1v) is 4.98. The summed E-state index contributed by atoms with van der Waals surface area (Å²) in [7, 11) is 0. The van der Waals surface area contributed by atoms with Gasteiger partial charge in [0.25, 0.3) is 5.91 Å². The van der Waals surface area contributed by atoms with Crippen molar-refractivity contribution >= 4 is 11.9 Å². The lowest BCUT2D eigenvalue weighted by atomic mass is 10.2. The monoisotopic (exact) mass is 230 g/mol. The van der Waals surface area contributed by atoms with Crippen molar-refractivity contribution < 1.29 is 14.3 Å². The molecular weight excluding hydrogens is 220 g/mol. The zero-order valence-electron chi connectivity index (χ0n) is 9.16. The fourth-order valence-corrected chi connectivity index (χ4v) is 1.41. The summed E-state index contributed by atoms with van der Waals surface area (Å²) in [5.41, 5.74) is 0.320. The van der Waals surface area contributed by atoms with Gasteiger partial charge < -0.3 is 4.74 Å². The second-order valence-electron chi connectivity index (χ2n) is 3.36. The average Bonchev–Trinajstić information content (AvgIpc) is 2.81. The van der Waals surface area contributed by atoms with Gasteiger partial charge in [0.1, 0.15) is 12.1 Å². The molecule has 0 saturated heterocycles. The van der Waals surface area contributed by atoms with E-state index in [4.69, 9.17) is 4.74 Å². The van der Waals surface area contributed by atoms with Gasteiger partial charge in [-0.15, -0.1) is 0 Å². The molecule has 1 heterocycles. The predicted octanol–water partition coefficient (Wildman–Crippen LogP) is 1.50. The van der Waals surface area contributed by atoms with Crippen LogP contribution in [0.4, 0.5) is 0 Å². The first-order chi connectivity index (χ1) is 8.18. The Hall–Kier alpha value is -2.43. The number of nitrogens with zero attached hydrogens (tertiary/aromatic N) is 2. The van der Waals surface area contributed by atoms with Crippen LogP contribution in [0.25, 0.3) is 0 Å². The van der Waals surface area contributed by atoms with E-state index in [1.807, 2.05) is 0 Å². The van der Waals surface area contributed by atoms with Crippen LogP contribution < -0.4 is 4.74 Å². The van der Waals surface area contributed by atoms with Crippen molar-refractivity contribution in [1.82, 2.24) is 9.55 Å². The lowest BCUT2D eigenvalue weighted by Crippen LogP contribution is -2.13. The SMILES string of the molecule is CC(=O)Oc1ccccc1C(=O)n1ccnc1. The number of hydrogen-bond acceptors (Lipinski definition) is 4. The highest BCUT2D eigenvalue weighted by Gasteiger charge is 2.14. The van der Waals surface area contributed by atoms with Gasteiger partial charge >= 0.3 is 5.97 Å². The fraction of sp³-hybridized carbons (Fsp3) is 0.0833. The van der Waals surface area contributed by atoms with Gasteiger partial charge in [-0.3, -0.25) is 14.2 Å². The van der Waals surface area contributed by atoms with E-state index in [9.17, 15) is 9.59 Å². The molecule has 5 nitrogen and oxygen atoms in total. The van der Waals surface area contributed by atoms with Crippen LogP contribution in [-0.2, 0) is 4.79 Å². The van der Waals surface area contributed by atoms with E-state index in [1.54, 1.807) is 24.3 Å². The van der Waals surface area contributed by atoms with Gasteiger partial charge in [0.15, 0.2) is 0 Å². The molecule has 0 aliphatic heterocycles. The number of ether oxygens (including phenoxy) is 1. The topological polar surface area (TPSA) is 61.2 Å². The number of aromatic nitrogens is 2. The molecule has 1 aromatic heterocycles. The summed E-state index contributed by atoms with van der Waals surface area (Å²) >= 11 is 0. The molecule has 0 aliphatic carbocycles. The molecule has 0 amide bonds. The quantitative estimate of drug-likeness (QED) is 0.579. The van der Waals surface area contributed by atoms with E-state index in [2.05, 4.69) is 4.98 Å². The van der Waals surface area contributed by atoms with E-state index in [-0.39, 0.29) is 11.7 Å². The summed E-state index contributed by atoms with van der Waals surface area (Å²) in [5.74, 6) is -0.506. The Kier molecular flexibility index (Phi) is 3.00. The van der Waals surface area contributed by atoms with Crippen molar-refractivity contribution in [2.45, 2.75) is 6.92 Å². The van der Waals surface area contributed by atoms with Gasteiger partial charge in [-0.1, -0.05) is 12.1 Å². The standard InChI is InChI=1S/C12H10N2O3/c1-9(15)17-11-5-3-2-4-10(11)12(16)14-7-6-13-8-14/h2-8H,1H3. The number of esters is 1. The summed E-state index contributed by atoms with van der Waals surface area (Å²) in [6.45, 7) is 1.29. The molecule has 0 saturated carbocycles. The molecule has 1 aromatic carbocycles. The Labute approximate surface area is 97.7 Å². The number of imidazole rings is 1. The van der Waals surface area contributed by atoms with Crippen molar-refractivity contribution in [1.29, 1.82) is 0 Å². The van der Waals surface area contributed by atoms with Crippen molar-refractivity contribution in [3.05, 3.63) is 48.5 Å². The molecule has 0 atom stereocenters. The minimum atomic E-state index is -0.462. The van der Waals surface area contributed by atoms with Crippen LogP contribution in [0.2, 0.25) is 0 Å². The van der Waals surface area contributed by atoms with Crippen LogP contribution in [-0.4, -0.2) is 21.4 Å². The number of carbonyl (C=O) groups excluding carboxylic acids is 2. The molecular formula is C12H10N2O3. The third kappa shape index (κ3) is 2.39. The maximum Gasteiger partial charge on any atom is 0.308 e. The van der Waals surface area contributed by atoms with Gasteiger partial charge in [-0.05, 0) is 12.1 Å². The zero-order chi connectivity index (χ0) is 12.3. The number of carbonyl (C=O) groups is 2. The average molecular weight is 230 g/mol. The Morgan fingerprint density at radius 3 is 2.71 bits per heavy atom. The molecule has 0 bridgehead atoms. The van der Waals surface area contributed by atoms with E-state index in [0.717, 1.165) is 0 Å². The van der Waals surface area contributed by atoms with Crippen LogP contribution in [0.1, 0.15) is 17.3 Å². The molecule has 0 fully saturated rings. The van der Waals surface area contributed by atoms with Crippen LogP contribution in [0.15, 0.2) is 43.0 Å². The van der Waals surface area contributed by atoms with Crippen molar-refractivity contribution in [2.75, 3.05) is 0 Å². The first kappa shape index (κ1) is 11.1. The first-order valence-electron chi connectivity index (χ1n) is 4.98. The van der Waals surface area contributed by atoms with E-state index in [1.165, 1.54) is 30.2 Å². The highest BCUT2D eigenvalue weighted by molar-refractivity contribution is 5.98. The number of benzene rings is 1. The van der Waals surface area contributed by atoms with E-state index >= 15 is 0 Å². The molecule has 2 aromatic rings. The number of para-hydroxylation sites is 1. The summed E-state index contributed by atoms with van der Waals surface area (Å²) < 4.78 is 6.29. The molecule has 0 N–H and O–H groups in total. The van der Waals surface area contributed by atoms with Gasteiger partial charge in [-0.25, -0.2) is 4.98 Å². The minimum absolute atomic E-state index is 0.249. The molecule has 86 valence electrons. The third-order valence-electron chi connectivity index (χ3n) is 2.11.